The summed E-state index contributed by atoms with van der Waals surface area (Å²) in [4.78, 5) is 15.6. The van der Waals surface area contributed by atoms with E-state index in [1.54, 1.807) is 18.3 Å². The summed E-state index contributed by atoms with van der Waals surface area (Å²) in [5, 5.41) is 0. The van der Waals surface area contributed by atoms with E-state index in [0.717, 1.165) is 17.8 Å². The monoisotopic (exact) mass is 246 g/mol. The van der Waals surface area contributed by atoms with Gasteiger partial charge >= 0.3 is 0 Å². The van der Waals surface area contributed by atoms with Crippen LogP contribution in [0.25, 0.3) is 0 Å². The van der Waals surface area contributed by atoms with E-state index in [9.17, 15) is 9.18 Å². The summed E-state index contributed by atoms with van der Waals surface area (Å²) in [7, 11) is 0. The fraction of sp³-hybridized carbons (Fsp3) is 0.286. The molecule has 0 aliphatic carbocycles. The molecule has 0 unspecified atom stereocenters. The van der Waals surface area contributed by atoms with Gasteiger partial charge in [0.15, 0.2) is 5.78 Å². The van der Waals surface area contributed by atoms with Gasteiger partial charge < -0.3 is 4.57 Å². The first-order valence-electron chi connectivity index (χ1n) is 5.91. The van der Waals surface area contributed by atoms with Crippen molar-refractivity contribution in [3.05, 3.63) is 53.4 Å². The van der Waals surface area contributed by atoms with Crippen LogP contribution in [0.5, 0.6) is 0 Å². The van der Waals surface area contributed by atoms with Crippen LogP contribution in [0.4, 0.5) is 4.39 Å². The lowest BCUT2D eigenvalue weighted by Gasteiger charge is -2.06. The van der Waals surface area contributed by atoms with Crippen LogP contribution in [0, 0.1) is 5.82 Å². The van der Waals surface area contributed by atoms with Gasteiger partial charge in [-0.25, -0.2) is 9.37 Å². The third kappa shape index (κ3) is 2.64. The fourth-order valence-corrected chi connectivity index (χ4v) is 1.83. The Morgan fingerprint density at radius 1 is 1.33 bits per heavy atom. The Balaban J connectivity index is 2.27. The topological polar surface area (TPSA) is 34.9 Å². The third-order valence-corrected chi connectivity index (χ3v) is 2.80. The lowest BCUT2D eigenvalue weighted by molar-refractivity contribution is 0.101. The molecule has 4 heteroatoms. The van der Waals surface area contributed by atoms with Crippen LogP contribution >= 0.6 is 0 Å². The van der Waals surface area contributed by atoms with Gasteiger partial charge in [-0.1, -0.05) is 19.1 Å². The number of carbonyl (C=O) groups is 1. The SMILES string of the molecule is CCc1nc(C(C)=O)cn1Cc1ccc(F)cc1. The molecule has 1 aromatic carbocycles. The highest BCUT2D eigenvalue weighted by Gasteiger charge is 2.09. The van der Waals surface area contributed by atoms with E-state index < -0.39 is 0 Å². The van der Waals surface area contributed by atoms with Gasteiger partial charge in [-0.2, -0.15) is 0 Å². The van der Waals surface area contributed by atoms with Crippen molar-refractivity contribution >= 4 is 5.78 Å². The number of aryl methyl sites for hydroxylation is 1. The molecule has 3 nitrogen and oxygen atoms in total. The van der Waals surface area contributed by atoms with Crippen LogP contribution in [0.15, 0.2) is 30.5 Å². The van der Waals surface area contributed by atoms with Crippen LogP contribution in [-0.2, 0) is 13.0 Å². The second kappa shape index (κ2) is 5.12. The molecule has 0 fully saturated rings. The van der Waals surface area contributed by atoms with Crippen molar-refractivity contribution in [2.24, 2.45) is 0 Å². The molecule has 18 heavy (non-hydrogen) atoms. The molecule has 0 spiro atoms. The number of aromatic nitrogens is 2. The molecule has 0 saturated carbocycles. The van der Waals surface area contributed by atoms with E-state index in [1.165, 1.54) is 19.1 Å². The molecule has 0 amide bonds. The molecular formula is C14H15FN2O. The normalized spacial score (nSPS) is 10.6. The minimum Gasteiger partial charge on any atom is -0.330 e. The summed E-state index contributed by atoms with van der Waals surface area (Å²) in [5.41, 5.74) is 1.47. The molecule has 0 aliphatic heterocycles. The number of halogens is 1. The Kier molecular flexibility index (Phi) is 3.55. The van der Waals surface area contributed by atoms with Crippen molar-refractivity contribution in [2.75, 3.05) is 0 Å². The second-order valence-electron chi connectivity index (χ2n) is 4.21. The van der Waals surface area contributed by atoms with Crippen molar-refractivity contribution in [2.45, 2.75) is 26.8 Å². The molecule has 0 saturated heterocycles. The molecule has 1 heterocycles. The average molecular weight is 246 g/mol. The first kappa shape index (κ1) is 12.5. The van der Waals surface area contributed by atoms with Crippen molar-refractivity contribution in [3.63, 3.8) is 0 Å². The smallest absolute Gasteiger partial charge is 0.179 e. The zero-order valence-electron chi connectivity index (χ0n) is 10.5. The number of carbonyl (C=O) groups excluding carboxylic acids is 1. The first-order valence-corrected chi connectivity index (χ1v) is 5.91. The molecule has 0 aliphatic rings. The first-order chi connectivity index (χ1) is 8.60. The van der Waals surface area contributed by atoms with Gasteiger partial charge in [0, 0.05) is 26.1 Å². The maximum atomic E-state index is 12.8. The third-order valence-electron chi connectivity index (χ3n) is 2.80. The standard InChI is InChI=1S/C14H15FN2O/c1-3-14-16-13(10(2)18)9-17(14)8-11-4-6-12(15)7-5-11/h4-7,9H,3,8H2,1-2H3. The number of Topliss-reactive ketones (excluding diaryl/α,β-unsaturated/α-hetero) is 1. The van der Waals surface area contributed by atoms with E-state index >= 15 is 0 Å². The maximum absolute atomic E-state index is 12.8. The fourth-order valence-electron chi connectivity index (χ4n) is 1.83. The van der Waals surface area contributed by atoms with Gasteiger partial charge in [-0.15, -0.1) is 0 Å². The molecule has 94 valence electrons. The number of hydrogen-bond donors (Lipinski definition) is 0. The Bertz CT molecular complexity index is 558. The van der Waals surface area contributed by atoms with Gasteiger partial charge in [-0.3, -0.25) is 4.79 Å². The minimum absolute atomic E-state index is 0.0393. The molecule has 2 aromatic rings. The van der Waals surface area contributed by atoms with Crippen molar-refractivity contribution in [3.8, 4) is 0 Å². The lowest BCUT2D eigenvalue weighted by atomic mass is 10.2. The highest BCUT2D eigenvalue weighted by molar-refractivity contribution is 5.91. The molecular weight excluding hydrogens is 231 g/mol. The van der Waals surface area contributed by atoms with Crippen molar-refractivity contribution in [1.82, 2.24) is 9.55 Å². The Morgan fingerprint density at radius 2 is 2.00 bits per heavy atom. The molecule has 0 atom stereocenters. The minimum atomic E-state index is -0.246. The number of hydrogen-bond acceptors (Lipinski definition) is 2. The van der Waals surface area contributed by atoms with E-state index in [2.05, 4.69) is 4.98 Å². The maximum Gasteiger partial charge on any atom is 0.179 e. The number of benzene rings is 1. The second-order valence-corrected chi connectivity index (χ2v) is 4.21. The largest absolute Gasteiger partial charge is 0.330 e. The quantitative estimate of drug-likeness (QED) is 0.777. The number of ketones is 1. The predicted octanol–water partition coefficient (Wildman–Crippen LogP) is 2.84. The van der Waals surface area contributed by atoms with Gasteiger partial charge in [0.1, 0.15) is 17.3 Å². The van der Waals surface area contributed by atoms with Crippen LogP contribution in [0.3, 0.4) is 0 Å². The summed E-state index contributed by atoms with van der Waals surface area (Å²) in [6.07, 6.45) is 2.51. The van der Waals surface area contributed by atoms with Crippen molar-refractivity contribution < 1.29 is 9.18 Å². The van der Waals surface area contributed by atoms with E-state index in [1.807, 2.05) is 11.5 Å². The Hall–Kier alpha value is -1.97. The highest BCUT2D eigenvalue weighted by atomic mass is 19.1. The summed E-state index contributed by atoms with van der Waals surface area (Å²) < 4.78 is 14.8. The Labute approximate surface area is 105 Å². The Morgan fingerprint density at radius 3 is 2.56 bits per heavy atom. The number of nitrogens with zero attached hydrogens (tertiary/aromatic N) is 2. The number of imidazole rings is 1. The van der Waals surface area contributed by atoms with E-state index in [4.69, 9.17) is 0 Å². The average Bonchev–Trinajstić information content (AvgIpc) is 2.75. The highest BCUT2D eigenvalue weighted by Crippen LogP contribution is 2.10. The van der Waals surface area contributed by atoms with Gasteiger partial charge in [0.2, 0.25) is 0 Å². The zero-order chi connectivity index (χ0) is 13.1. The summed E-state index contributed by atoms with van der Waals surface area (Å²) >= 11 is 0. The molecule has 0 radical (unpaired) electrons. The van der Waals surface area contributed by atoms with Gasteiger partial charge in [-0.05, 0) is 17.7 Å². The van der Waals surface area contributed by atoms with E-state index in [0.29, 0.717) is 12.2 Å². The summed E-state index contributed by atoms with van der Waals surface area (Å²) in [5.74, 6) is 0.580. The zero-order valence-corrected chi connectivity index (χ0v) is 10.5. The molecule has 0 bridgehead atoms. The summed E-state index contributed by atoms with van der Waals surface area (Å²) in [6, 6.07) is 6.35. The van der Waals surface area contributed by atoms with Gasteiger partial charge in [0.05, 0.1) is 0 Å². The molecule has 1 aromatic heterocycles. The molecule has 0 N–H and O–H groups in total. The van der Waals surface area contributed by atoms with E-state index in [-0.39, 0.29) is 11.6 Å². The lowest BCUT2D eigenvalue weighted by Crippen LogP contribution is -2.03. The predicted molar refractivity (Wildman–Crippen MR) is 67.1 cm³/mol. The number of rotatable bonds is 4. The van der Waals surface area contributed by atoms with Crippen LogP contribution in [0.2, 0.25) is 0 Å². The van der Waals surface area contributed by atoms with Crippen LogP contribution < -0.4 is 0 Å². The van der Waals surface area contributed by atoms with Crippen LogP contribution in [-0.4, -0.2) is 15.3 Å². The summed E-state index contributed by atoms with van der Waals surface area (Å²) in [6.45, 7) is 4.10. The van der Waals surface area contributed by atoms with Crippen molar-refractivity contribution in [1.29, 1.82) is 0 Å². The van der Waals surface area contributed by atoms with Crippen LogP contribution in [0.1, 0.15) is 35.7 Å². The molecule has 2 rings (SSSR count). The van der Waals surface area contributed by atoms with Gasteiger partial charge in [0.25, 0.3) is 0 Å².